The lowest BCUT2D eigenvalue weighted by molar-refractivity contribution is -0.139. The van der Waals surface area contributed by atoms with E-state index in [2.05, 4.69) is 13.8 Å². The molecule has 0 saturated carbocycles. The third-order valence-corrected chi connectivity index (χ3v) is 3.02. The van der Waals surface area contributed by atoms with Crippen molar-refractivity contribution >= 4 is 22.8 Å². The molecule has 0 heterocycles. The van der Waals surface area contributed by atoms with Crippen LogP contribution in [0.4, 0.5) is 0 Å². The van der Waals surface area contributed by atoms with Gasteiger partial charge in [0.25, 0.3) is 5.24 Å². The van der Waals surface area contributed by atoms with E-state index in [-0.39, 0.29) is 12.6 Å². The molecule has 0 bridgehead atoms. The standard InChI is InChI=1S/C15H13ClO3.C3H8.C2H6/c16-14(17)13-9-5-4-8-12(13)10-19-15(18)11-6-2-1-3-7-11;1-3-2;1-2/h2,4-9H,1,3,10H2;3H2,1-2H3;1-2H3. The van der Waals surface area contributed by atoms with Crippen LogP contribution >= 0.6 is 11.6 Å². The minimum atomic E-state index is -0.552. The summed E-state index contributed by atoms with van der Waals surface area (Å²) in [6.07, 6.45) is 8.58. The van der Waals surface area contributed by atoms with Crippen LogP contribution in [0.5, 0.6) is 0 Å². The molecule has 0 fully saturated rings. The maximum Gasteiger partial charge on any atom is 0.338 e. The summed E-state index contributed by atoms with van der Waals surface area (Å²) >= 11 is 5.47. The van der Waals surface area contributed by atoms with E-state index >= 15 is 0 Å². The molecule has 1 aliphatic carbocycles. The molecule has 0 unspecified atom stereocenters. The highest BCUT2D eigenvalue weighted by Gasteiger charge is 2.13. The molecule has 0 N–H and O–H groups in total. The smallest absolute Gasteiger partial charge is 0.338 e. The molecule has 1 aromatic carbocycles. The number of carbonyl (C=O) groups excluding carboxylic acids is 2. The number of benzene rings is 1. The lowest BCUT2D eigenvalue weighted by Gasteiger charge is -2.09. The first-order valence-corrected chi connectivity index (χ1v) is 8.79. The number of allylic oxidation sites excluding steroid dienone is 2. The topological polar surface area (TPSA) is 43.4 Å². The summed E-state index contributed by atoms with van der Waals surface area (Å²) in [5, 5.41) is -0.552. The van der Waals surface area contributed by atoms with Crippen LogP contribution in [0.2, 0.25) is 0 Å². The molecule has 1 aromatic rings. The predicted octanol–water partition coefficient (Wildman–Crippen LogP) is 5.83. The van der Waals surface area contributed by atoms with Crippen molar-refractivity contribution in [2.75, 3.05) is 0 Å². The Labute approximate surface area is 150 Å². The fourth-order valence-corrected chi connectivity index (χ4v) is 2.01. The molecular weight excluding hydrogens is 324 g/mol. The zero-order chi connectivity index (χ0) is 18.4. The third-order valence-electron chi connectivity index (χ3n) is 2.82. The second-order valence-electron chi connectivity index (χ2n) is 4.85. The van der Waals surface area contributed by atoms with Crippen molar-refractivity contribution in [3.8, 4) is 0 Å². The van der Waals surface area contributed by atoms with Crippen LogP contribution in [-0.4, -0.2) is 11.2 Å². The van der Waals surface area contributed by atoms with E-state index in [1.54, 1.807) is 30.3 Å². The Morgan fingerprint density at radius 3 is 2.29 bits per heavy atom. The lowest BCUT2D eigenvalue weighted by Crippen LogP contribution is -2.09. The Hall–Kier alpha value is -1.87. The SMILES string of the molecule is CC.CCC.O=C(OCc1ccccc1C(=O)Cl)C1=CCCC=C1. The average Bonchev–Trinajstić information content (AvgIpc) is 2.63. The number of carbonyl (C=O) groups is 2. The Bertz CT molecular complexity index is 574. The number of esters is 1. The van der Waals surface area contributed by atoms with Crippen molar-refractivity contribution in [1.29, 1.82) is 0 Å². The lowest BCUT2D eigenvalue weighted by atomic mass is 10.1. The highest BCUT2D eigenvalue weighted by atomic mass is 35.5. The van der Waals surface area contributed by atoms with Crippen molar-refractivity contribution < 1.29 is 14.3 Å². The van der Waals surface area contributed by atoms with Gasteiger partial charge in [0, 0.05) is 11.1 Å². The van der Waals surface area contributed by atoms with Crippen LogP contribution < -0.4 is 0 Å². The maximum absolute atomic E-state index is 11.8. The molecule has 4 heteroatoms. The van der Waals surface area contributed by atoms with Gasteiger partial charge in [-0.05, 0) is 30.5 Å². The fourth-order valence-electron chi connectivity index (χ4n) is 1.83. The molecule has 0 radical (unpaired) electrons. The minimum absolute atomic E-state index is 0.0403. The average molecular weight is 351 g/mol. The van der Waals surface area contributed by atoms with Gasteiger partial charge in [-0.3, -0.25) is 4.79 Å². The highest BCUT2D eigenvalue weighted by molar-refractivity contribution is 6.67. The number of rotatable bonds is 4. The van der Waals surface area contributed by atoms with Crippen molar-refractivity contribution in [3.05, 3.63) is 59.2 Å². The molecular formula is C20H27ClO3. The molecule has 2 rings (SSSR count). The van der Waals surface area contributed by atoms with Crippen LogP contribution in [-0.2, 0) is 16.1 Å². The quantitative estimate of drug-likeness (QED) is 0.507. The first-order valence-electron chi connectivity index (χ1n) is 8.41. The van der Waals surface area contributed by atoms with Gasteiger partial charge in [0.05, 0.1) is 5.57 Å². The summed E-state index contributed by atoms with van der Waals surface area (Å²) in [6.45, 7) is 8.29. The van der Waals surface area contributed by atoms with Gasteiger partial charge in [0.2, 0.25) is 0 Å². The van der Waals surface area contributed by atoms with Gasteiger partial charge in [-0.25, -0.2) is 4.79 Å². The van der Waals surface area contributed by atoms with E-state index in [1.807, 2.05) is 26.0 Å². The van der Waals surface area contributed by atoms with E-state index in [1.165, 1.54) is 6.42 Å². The normalized spacial score (nSPS) is 12.0. The molecule has 1 aliphatic rings. The largest absolute Gasteiger partial charge is 0.457 e. The van der Waals surface area contributed by atoms with Gasteiger partial charge >= 0.3 is 5.97 Å². The number of hydrogen-bond donors (Lipinski definition) is 0. The molecule has 24 heavy (non-hydrogen) atoms. The van der Waals surface area contributed by atoms with Crippen molar-refractivity contribution in [2.24, 2.45) is 0 Å². The van der Waals surface area contributed by atoms with Gasteiger partial charge in [0.15, 0.2) is 0 Å². The summed E-state index contributed by atoms with van der Waals surface area (Å²) < 4.78 is 5.19. The van der Waals surface area contributed by atoms with E-state index in [0.29, 0.717) is 16.7 Å². The van der Waals surface area contributed by atoms with Crippen LogP contribution in [0.15, 0.2) is 48.1 Å². The molecule has 3 nitrogen and oxygen atoms in total. The Morgan fingerprint density at radius 2 is 1.75 bits per heavy atom. The summed E-state index contributed by atoms with van der Waals surface area (Å²) in [5.41, 5.74) is 1.53. The Kier molecular flexibility index (Phi) is 12.5. The maximum atomic E-state index is 11.8. The van der Waals surface area contributed by atoms with Gasteiger partial charge in [-0.2, -0.15) is 0 Å². The first kappa shape index (κ1) is 22.1. The Balaban J connectivity index is 0.000000952. The fraction of sp³-hybridized carbons (Fsp3) is 0.400. The zero-order valence-electron chi connectivity index (χ0n) is 15.0. The second kappa shape index (κ2) is 13.6. The minimum Gasteiger partial charge on any atom is -0.457 e. The van der Waals surface area contributed by atoms with Gasteiger partial charge in [-0.15, -0.1) is 0 Å². The van der Waals surface area contributed by atoms with E-state index in [9.17, 15) is 9.59 Å². The molecule has 0 saturated heterocycles. The van der Waals surface area contributed by atoms with Crippen LogP contribution in [0, 0.1) is 0 Å². The van der Waals surface area contributed by atoms with Crippen LogP contribution in [0.1, 0.15) is 62.9 Å². The highest BCUT2D eigenvalue weighted by Crippen LogP contribution is 2.15. The van der Waals surface area contributed by atoms with E-state index in [4.69, 9.17) is 16.3 Å². The van der Waals surface area contributed by atoms with Crippen molar-refractivity contribution in [1.82, 2.24) is 0 Å². The molecule has 0 aromatic heterocycles. The molecule has 0 amide bonds. The first-order chi connectivity index (χ1) is 11.6. The second-order valence-corrected chi connectivity index (χ2v) is 5.20. The number of halogens is 1. The van der Waals surface area contributed by atoms with Gasteiger partial charge in [0.1, 0.15) is 6.61 Å². The van der Waals surface area contributed by atoms with Crippen LogP contribution in [0.25, 0.3) is 0 Å². The third kappa shape index (κ3) is 8.11. The van der Waals surface area contributed by atoms with Gasteiger partial charge in [-0.1, -0.05) is 70.5 Å². The molecule has 0 atom stereocenters. The van der Waals surface area contributed by atoms with E-state index < -0.39 is 5.24 Å². The summed E-state index contributed by atoms with van der Waals surface area (Å²) in [6, 6.07) is 6.81. The number of ether oxygens (including phenoxy) is 1. The molecule has 0 spiro atoms. The predicted molar refractivity (Wildman–Crippen MR) is 100 cm³/mol. The van der Waals surface area contributed by atoms with Crippen LogP contribution in [0.3, 0.4) is 0 Å². The van der Waals surface area contributed by atoms with Crippen molar-refractivity contribution in [2.45, 2.75) is 53.6 Å². The summed E-state index contributed by atoms with van der Waals surface area (Å²) in [4.78, 5) is 23.0. The molecule has 0 aliphatic heterocycles. The van der Waals surface area contributed by atoms with E-state index in [0.717, 1.165) is 12.8 Å². The zero-order valence-corrected chi connectivity index (χ0v) is 15.7. The molecule has 132 valence electrons. The number of hydrogen-bond acceptors (Lipinski definition) is 3. The van der Waals surface area contributed by atoms with Gasteiger partial charge < -0.3 is 4.74 Å². The van der Waals surface area contributed by atoms with Crippen molar-refractivity contribution in [3.63, 3.8) is 0 Å². The summed E-state index contributed by atoms with van der Waals surface area (Å²) in [5.74, 6) is -0.382. The monoisotopic (exact) mass is 350 g/mol. The summed E-state index contributed by atoms with van der Waals surface area (Å²) in [7, 11) is 0. The Morgan fingerprint density at radius 1 is 1.12 bits per heavy atom.